The van der Waals surface area contributed by atoms with Crippen molar-refractivity contribution in [1.82, 2.24) is 10.2 Å². The molecule has 2 aromatic carbocycles. The molecule has 1 aliphatic heterocycles. The maximum atomic E-state index is 12.6. The van der Waals surface area contributed by atoms with E-state index in [0.717, 1.165) is 34.8 Å². The molecule has 0 spiro atoms. The number of hydrogen-bond acceptors (Lipinski definition) is 3. The Bertz CT molecular complexity index is 741. The fourth-order valence-corrected chi connectivity index (χ4v) is 3.66. The molecule has 4 nitrogen and oxygen atoms in total. The van der Waals surface area contributed by atoms with E-state index in [1.165, 1.54) is 12.8 Å². The van der Waals surface area contributed by atoms with Crippen molar-refractivity contribution in [3.63, 3.8) is 0 Å². The number of carbonyl (C=O) groups excluding carboxylic acids is 1. The summed E-state index contributed by atoms with van der Waals surface area (Å²) in [6.45, 7) is 4.62. The Morgan fingerprint density at radius 2 is 1.85 bits per heavy atom. The SMILES string of the molecule is Cc1ccc(C(N)C(=O)NCC(c2cccc(Cl)c2)N2CCCC2)cc1. The van der Waals surface area contributed by atoms with Gasteiger partial charge in [-0.15, -0.1) is 0 Å². The molecule has 3 N–H and O–H groups in total. The van der Waals surface area contributed by atoms with Crippen molar-refractivity contribution in [2.24, 2.45) is 5.73 Å². The summed E-state index contributed by atoms with van der Waals surface area (Å²) in [6.07, 6.45) is 2.38. The van der Waals surface area contributed by atoms with E-state index in [2.05, 4.69) is 16.3 Å². The number of aryl methyl sites for hydroxylation is 1. The quantitative estimate of drug-likeness (QED) is 0.815. The van der Waals surface area contributed by atoms with E-state index in [-0.39, 0.29) is 11.9 Å². The van der Waals surface area contributed by atoms with Crippen LogP contribution in [0, 0.1) is 6.92 Å². The Kier molecular flexibility index (Phi) is 6.30. The van der Waals surface area contributed by atoms with Crippen LogP contribution in [0.3, 0.4) is 0 Å². The molecule has 5 heteroatoms. The zero-order chi connectivity index (χ0) is 18.5. The molecule has 1 heterocycles. The molecule has 3 rings (SSSR count). The first-order valence-electron chi connectivity index (χ1n) is 9.14. The summed E-state index contributed by atoms with van der Waals surface area (Å²) in [4.78, 5) is 15.0. The van der Waals surface area contributed by atoms with Gasteiger partial charge in [0.1, 0.15) is 6.04 Å². The molecule has 2 aromatic rings. The smallest absolute Gasteiger partial charge is 0.241 e. The van der Waals surface area contributed by atoms with Gasteiger partial charge in [0.25, 0.3) is 0 Å². The van der Waals surface area contributed by atoms with E-state index in [4.69, 9.17) is 17.3 Å². The van der Waals surface area contributed by atoms with E-state index in [1.54, 1.807) is 0 Å². The molecule has 0 radical (unpaired) electrons. The zero-order valence-electron chi connectivity index (χ0n) is 15.1. The topological polar surface area (TPSA) is 58.4 Å². The summed E-state index contributed by atoms with van der Waals surface area (Å²) >= 11 is 6.18. The van der Waals surface area contributed by atoms with Crippen molar-refractivity contribution in [2.75, 3.05) is 19.6 Å². The highest BCUT2D eigenvalue weighted by molar-refractivity contribution is 6.30. The second kappa shape index (κ2) is 8.67. The lowest BCUT2D eigenvalue weighted by molar-refractivity contribution is -0.122. The van der Waals surface area contributed by atoms with Crippen LogP contribution in [0.4, 0.5) is 0 Å². The average molecular weight is 372 g/mol. The highest BCUT2D eigenvalue weighted by Gasteiger charge is 2.25. The molecule has 2 unspecified atom stereocenters. The van der Waals surface area contributed by atoms with Crippen LogP contribution >= 0.6 is 11.6 Å². The highest BCUT2D eigenvalue weighted by Crippen LogP contribution is 2.26. The molecule has 138 valence electrons. The Morgan fingerprint density at radius 1 is 1.15 bits per heavy atom. The zero-order valence-corrected chi connectivity index (χ0v) is 15.9. The molecule has 0 aliphatic carbocycles. The van der Waals surface area contributed by atoms with Crippen LogP contribution in [-0.4, -0.2) is 30.4 Å². The van der Waals surface area contributed by atoms with Gasteiger partial charge in [0, 0.05) is 11.6 Å². The summed E-state index contributed by atoms with van der Waals surface area (Å²) in [5, 5.41) is 3.76. The van der Waals surface area contributed by atoms with Crippen LogP contribution in [0.25, 0.3) is 0 Å². The molecule has 2 atom stereocenters. The van der Waals surface area contributed by atoms with Crippen molar-refractivity contribution in [3.05, 3.63) is 70.2 Å². The third-order valence-corrected chi connectivity index (χ3v) is 5.24. The van der Waals surface area contributed by atoms with Gasteiger partial charge >= 0.3 is 0 Å². The summed E-state index contributed by atoms with van der Waals surface area (Å²) in [5.41, 5.74) is 9.25. The molecule has 1 fully saturated rings. The van der Waals surface area contributed by atoms with E-state index in [1.807, 2.05) is 49.4 Å². The Labute approximate surface area is 160 Å². The molecule has 0 saturated carbocycles. The van der Waals surface area contributed by atoms with Gasteiger partial charge in [-0.2, -0.15) is 0 Å². The van der Waals surface area contributed by atoms with Crippen molar-refractivity contribution in [1.29, 1.82) is 0 Å². The van der Waals surface area contributed by atoms with Crippen LogP contribution < -0.4 is 11.1 Å². The standard InChI is InChI=1S/C21H26ClN3O/c1-15-7-9-16(10-8-15)20(23)21(26)24-14-19(25-11-2-3-12-25)17-5-4-6-18(22)13-17/h4-10,13,19-20H,2-3,11-12,14,23H2,1H3,(H,24,26). The number of amides is 1. The number of nitrogens with one attached hydrogen (secondary N) is 1. The molecular weight excluding hydrogens is 346 g/mol. The number of benzene rings is 2. The first-order chi connectivity index (χ1) is 12.5. The number of hydrogen-bond donors (Lipinski definition) is 2. The Balaban J connectivity index is 1.68. The van der Waals surface area contributed by atoms with Gasteiger partial charge in [0.2, 0.25) is 5.91 Å². The van der Waals surface area contributed by atoms with Crippen LogP contribution in [0.15, 0.2) is 48.5 Å². The number of rotatable bonds is 6. The van der Waals surface area contributed by atoms with Crippen molar-refractivity contribution < 1.29 is 4.79 Å². The van der Waals surface area contributed by atoms with Crippen molar-refractivity contribution >= 4 is 17.5 Å². The van der Waals surface area contributed by atoms with Gasteiger partial charge in [-0.1, -0.05) is 53.6 Å². The monoisotopic (exact) mass is 371 g/mol. The number of nitrogens with two attached hydrogens (primary N) is 1. The summed E-state index contributed by atoms with van der Waals surface area (Å²) in [6, 6.07) is 15.1. The predicted octanol–water partition coefficient (Wildman–Crippen LogP) is 3.60. The van der Waals surface area contributed by atoms with Crippen LogP contribution in [0.2, 0.25) is 5.02 Å². The fraction of sp³-hybridized carbons (Fsp3) is 0.381. The van der Waals surface area contributed by atoms with Crippen LogP contribution in [0.1, 0.15) is 41.6 Å². The number of nitrogens with zero attached hydrogens (tertiary/aromatic N) is 1. The molecule has 0 bridgehead atoms. The molecular formula is C21H26ClN3O. The Hall–Kier alpha value is -1.88. The van der Waals surface area contributed by atoms with Crippen LogP contribution in [-0.2, 0) is 4.79 Å². The van der Waals surface area contributed by atoms with Gasteiger partial charge in [0.15, 0.2) is 0 Å². The normalized spacial score (nSPS) is 17.0. The minimum Gasteiger partial charge on any atom is -0.353 e. The molecule has 0 aromatic heterocycles. The minimum atomic E-state index is -0.658. The summed E-state index contributed by atoms with van der Waals surface area (Å²) in [5.74, 6) is -0.153. The second-order valence-corrected chi connectivity index (χ2v) is 7.38. The van der Waals surface area contributed by atoms with Crippen molar-refractivity contribution in [2.45, 2.75) is 31.8 Å². The van der Waals surface area contributed by atoms with E-state index in [9.17, 15) is 4.79 Å². The summed E-state index contributed by atoms with van der Waals surface area (Å²) in [7, 11) is 0. The maximum Gasteiger partial charge on any atom is 0.241 e. The number of carbonyl (C=O) groups is 1. The molecule has 26 heavy (non-hydrogen) atoms. The lowest BCUT2D eigenvalue weighted by atomic mass is 10.0. The molecule has 1 amide bonds. The van der Waals surface area contributed by atoms with E-state index >= 15 is 0 Å². The third kappa shape index (κ3) is 4.64. The largest absolute Gasteiger partial charge is 0.353 e. The van der Waals surface area contributed by atoms with Gasteiger partial charge in [-0.05, 0) is 56.1 Å². The van der Waals surface area contributed by atoms with E-state index in [0.29, 0.717) is 6.54 Å². The molecule has 1 aliphatic rings. The first kappa shape index (κ1) is 18.9. The second-order valence-electron chi connectivity index (χ2n) is 6.95. The highest BCUT2D eigenvalue weighted by atomic mass is 35.5. The van der Waals surface area contributed by atoms with E-state index < -0.39 is 6.04 Å². The van der Waals surface area contributed by atoms with Gasteiger partial charge < -0.3 is 11.1 Å². The van der Waals surface area contributed by atoms with Gasteiger partial charge in [0.05, 0.1) is 6.04 Å². The first-order valence-corrected chi connectivity index (χ1v) is 9.52. The maximum absolute atomic E-state index is 12.6. The predicted molar refractivity (Wildman–Crippen MR) is 106 cm³/mol. The lowest BCUT2D eigenvalue weighted by Crippen LogP contribution is -2.40. The van der Waals surface area contributed by atoms with Gasteiger partial charge in [-0.3, -0.25) is 9.69 Å². The van der Waals surface area contributed by atoms with Crippen molar-refractivity contribution in [3.8, 4) is 0 Å². The fourth-order valence-electron chi connectivity index (χ4n) is 3.46. The third-order valence-electron chi connectivity index (χ3n) is 5.00. The van der Waals surface area contributed by atoms with Gasteiger partial charge in [-0.25, -0.2) is 0 Å². The number of halogens is 1. The Morgan fingerprint density at radius 3 is 2.50 bits per heavy atom. The molecule has 1 saturated heterocycles. The van der Waals surface area contributed by atoms with Crippen LogP contribution in [0.5, 0.6) is 0 Å². The minimum absolute atomic E-state index is 0.116. The summed E-state index contributed by atoms with van der Waals surface area (Å²) < 4.78 is 0. The average Bonchev–Trinajstić information content (AvgIpc) is 3.16. The number of likely N-dealkylation sites (tertiary alicyclic amines) is 1. The lowest BCUT2D eigenvalue weighted by Gasteiger charge is -2.29.